The Hall–Kier alpha value is -1.60. The van der Waals surface area contributed by atoms with Gasteiger partial charge in [0.05, 0.1) is 11.6 Å². The molecule has 1 aromatic rings. The van der Waals surface area contributed by atoms with Crippen LogP contribution in [0.15, 0.2) is 12.1 Å². The van der Waals surface area contributed by atoms with E-state index >= 15 is 0 Å². The van der Waals surface area contributed by atoms with Crippen molar-refractivity contribution in [3.05, 3.63) is 29.1 Å². The highest BCUT2D eigenvalue weighted by Crippen LogP contribution is 2.31. The zero-order chi connectivity index (χ0) is 13.4. The summed E-state index contributed by atoms with van der Waals surface area (Å²) in [4.78, 5) is 2.49. The molecule has 4 heteroatoms. The van der Waals surface area contributed by atoms with Gasteiger partial charge < -0.3 is 10.2 Å². The molecule has 3 unspecified atom stereocenters. The SMILES string of the molecule is Cc1c(F)cc(C#N)cc1NC1CCN2CCC1C2. The van der Waals surface area contributed by atoms with Crippen molar-refractivity contribution in [3.63, 3.8) is 0 Å². The normalized spacial score (nSPS) is 29.0. The molecule has 3 nitrogen and oxygen atoms in total. The van der Waals surface area contributed by atoms with Gasteiger partial charge in [0.1, 0.15) is 5.82 Å². The van der Waals surface area contributed by atoms with Crippen molar-refractivity contribution in [1.82, 2.24) is 4.90 Å². The smallest absolute Gasteiger partial charge is 0.129 e. The number of benzene rings is 1. The van der Waals surface area contributed by atoms with E-state index < -0.39 is 0 Å². The van der Waals surface area contributed by atoms with E-state index in [1.165, 1.54) is 19.0 Å². The molecule has 0 radical (unpaired) electrons. The van der Waals surface area contributed by atoms with Crippen LogP contribution in [0.1, 0.15) is 24.0 Å². The Morgan fingerprint density at radius 2 is 2.16 bits per heavy atom. The Balaban J connectivity index is 1.83. The fraction of sp³-hybridized carbons (Fsp3) is 0.533. The lowest BCUT2D eigenvalue weighted by Gasteiger charge is -2.32. The molecule has 19 heavy (non-hydrogen) atoms. The van der Waals surface area contributed by atoms with Gasteiger partial charge >= 0.3 is 0 Å². The fourth-order valence-electron chi connectivity index (χ4n) is 3.23. The Labute approximate surface area is 113 Å². The third-order valence-corrected chi connectivity index (χ3v) is 4.45. The highest BCUT2D eigenvalue weighted by Gasteiger charge is 2.34. The van der Waals surface area contributed by atoms with Gasteiger partial charge in [-0.3, -0.25) is 0 Å². The second-order valence-electron chi connectivity index (χ2n) is 5.63. The molecule has 0 aliphatic carbocycles. The van der Waals surface area contributed by atoms with E-state index in [1.54, 1.807) is 13.0 Å². The van der Waals surface area contributed by atoms with Crippen molar-refractivity contribution in [2.45, 2.75) is 25.8 Å². The number of piperidine rings is 1. The summed E-state index contributed by atoms with van der Waals surface area (Å²) in [5, 5.41) is 12.4. The molecule has 0 saturated carbocycles. The van der Waals surface area contributed by atoms with Gasteiger partial charge in [0.15, 0.2) is 0 Å². The summed E-state index contributed by atoms with van der Waals surface area (Å²) in [5.41, 5.74) is 1.77. The monoisotopic (exact) mass is 259 g/mol. The van der Waals surface area contributed by atoms with Crippen molar-refractivity contribution < 1.29 is 4.39 Å². The molecular formula is C15H18FN3. The van der Waals surface area contributed by atoms with Crippen molar-refractivity contribution >= 4 is 5.69 Å². The standard InChI is InChI=1S/C15H18FN3/c1-10-13(16)6-11(8-17)7-15(10)18-14-3-5-19-4-2-12(14)9-19/h6-7,12,14,18H,2-5,9H2,1H3. The van der Waals surface area contributed by atoms with Crippen LogP contribution >= 0.6 is 0 Å². The molecule has 3 atom stereocenters. The van der Waals surface area contributed by atoms with E-state index in [9.17, 15) is 4.39 Å². The predicted octanol–water partition coefficient (Wildman–Crippen LogP) is 2.51. The highest BCUT2D eigenvalue weighted by atomic mass is 19.1. The number of hydrogen-bond donors (Lipinski definition) is 1. The maximum atomic E-state index is 13.8. The molecule has 2 saturated heterocycles. The predicted molar refractivity (Wildman–Crippen MR) is 72.4 cm³/mol. The summed E-state index contributed by atoms with van der Waals surface area (Å²) in [7, 11) is 0. The number of rotatable bonds is 2. The van der Waals surface area contributed by atoms with E-state index in [-0.39, 0.29) is 5.82 Å². The number of fused-ring (bicyclic) bond motifs is 2. The number of nitrogens with one attached hydrogen (secondary N) is 1. The van der Waals surface area contributed by atoms with Crippen molar-refractivity contribution in [2.24, 2.45) is 5.92 Å². The molecular weight excluding hydrogens is 241 g/mol. The highest BCUT2D eigenvalue weighted by molar-refractivity contribution is 5.56. The number of nitrogens with zero attached hydrogens (tertiary/aromatic N) is 2. The van der Waals surface area contributed by atoms with Gasteiger partial charge in [-0.05, 0) is 44.4 Å². The number of anilines is 1. The van der Waals surface area contributed by atoms with Gasteiger partial charge in [0.2, 0.25) is 0 Å². The average molecular weight is 259 g/mol. The third kappa shape index (κ3) is 2.31. The quantitative estimate of drug-likeness (QED) is 0.887. The lowest BCUT2D eigenvalue weighted by molar-refractivity contribution is 0.255. The van der Waals surface area contributed by atoms with Crippen LogP contribution < -0.4 is 5.32 Å². The Kier molecular flexibility index (Phi) is 3.16. The number of nitriles is 1. The van der Waals surface area contributed by atoms with Gasteiger partial charge in [-0.15, -0.1) is 0 Å². The van der Waals surface area contributed by atoms with E-state index in [2.05, 4.69) is 10.2 Å². The first-order chi connectivity index (χ1) is 9.17. The molecule has 1 N–H and O–H groups in total. The first kappa shape index (κ1) is 12.4. The van der Waals surface area contributed by atoms with Crippen molar-refractivity contribution in [3.8, 4) is 6.07 Å². The van der Waals surface area contributed by atoms with Gasteiger partial charge in [-0.25, -0.2) is 4.39 Å². The third-order valence-electron chi connectivity index (χ3n) is 4.45. The molecule has 2 aliphatic heterocycles. The summed E-state index contributed by atoms with van der Waals surface area (Å²) < 4.78 is 13.8. The molecule has 0 aromatic heterocycles. The maximum absolute atomic E-state index is 13.8. The van der Waals surface area contributed by atoms with Crippen LogP contribution in [0.4, 0.5) is 10.1 Å². The van der Waals surface area contributed by atoms with Gasteiger partial charge in [-0.2, -0.15) is 5.26 Å². The topological polar surface area (TPSA) is 39.1 Å². The Bertz CT molecular complexity index is 535. The second-order valence-corrected chi connectivity index (χ2v) is 5.63. The first-order valence-electron chi connectivity index (χ1n) is 6.86. The molecule has 0 spiro atoms. The number of halogens is 1. The maximum Gasteiger partial charge on any atom is 0.129 e. The van der Waals surface area contributed by atoms with Gasteiger partial charge in [-0.1, -0.05) is 0 Å². The Morgan fingerprint density at radius 3 is 2.95 bits per heavy atom. The molecule has 100 valence electrons. The molecule has 2 heterocycles. The van der Waals surface area contributed by atoms with Crippen LogP contribution in [-0.4, -0.2) is 30.6 Å². The number of hydrogen-bond acceptors (Lipinski definition) is 3. The zero-order valence-corrected chi connectivity index (χ0v) is 11.1. The summed E-state index contributed by atoms with van der Waals surface area (Å²) >= 11 is 0. The molecule has 1 aromatic carbocycles. The molecule has 2 fully saturated rings. The minimum Gasteiger partial charge on any atom is -0.382 e. The van der Waals surface area contributed by atoms with Crippen LogP contribution in [0, 0.1) is 30.0 Å². The average Bonchev–Trinajstić information content (AvgIpc) is 2.80. The first-order valence-corrected chi connectivity index (χ1v) is 6.86. The molecule has 0 amide bonds. The van der Waals surface area contributed by atoms with Crippen LogP contribution in [0.3, 0.4) is 0 Å². The van der Waals surface area contributed by atoms with Crippen molar-refractivity contribution in [1.29, 1.82) is 5.26 Å². The summed E-state index contributed by atoms with van der Waals surface area (Å²) in [6.45, 7) is 5.22. The van der Waals surface area contributed by atoms with E-state index in [0.717, 1.165) is 25.2 Å². The fourth-order valence-corrected chi connectivity index (χ4v) is 3.23. The van der Waals surface area contributed by atoms with Gasteiger partial charge in [0, 0.05) is 30.4 Å². The van der Waals surface area contributed by atoms with E-state index in [4.69, 9.17) is 5.26 Å². The lowest BCUT2D eigenvalue weighted by Crippen LogP contribution is -2.39. The van der Waals surface area contributed by atoms with E-state index in [1.807, 2.05) is 6.07 Å². The van der Waals surface area contributed by atoms with Crippen LogP contribution in [0.2, 0.25) is 0 Å². The minimum absolute atomic E-state index is 0.301. The van der Waals surface area contributed by atoms with E-state index in [0.29, 0.717) is 23.1 Å². The molecule has 2 aliphatic rings. The van der Waals surface area contributed by atoms with Crippen LogP contribution in [0.5, 0.6) is 0 Å². The Morgan fingerprint density at radius 1 is 1.37 bits per heavy atom. The molecule has 2 bridgehead atoms. The second kappa shape index (κ2) is 4.82. The zero-order valence-electron chi connectivity index (χ0n) is 11.1. The van der Waals surface area contributed by atoms with Crippen LogP contribution in [0.25, 0.3) is 0 Å². The lowest BCUT2D eigenvalue weighted by atomic mass is 9.93. The van der Waals surface area contributed by atoms with Crippen LogP contribution in [-0.2, 0) is 0 Å². The summed E-state index contributed by atoms with van der Waals surface area (Å²) in [6.07, 6.45) is 2.32. The molecule has 3 rings (SSSR count). The minimum atomic E-state index is -0.301. The van der Waals surface area contributed by atoms with Crippen molar-refractivity contribution in [2.75, 3.05) is 25.0 Å². The summed E-state index contributed by atoms with van der Waals surface area (Å²) in [5.74, 6) is 0.354. The van der Waals surface area contributed by atoms with Gasteiger partial charge in [0.25, 0.3) is 0 Å². The summed E-state index contributed by atoms with van der Waals surface area (Å²) in [6, 6.07) is 5.49. The largest absolute Gasteiger partial charge is 0.382 e.